The van der Waals surface area contributed by atoms with Crippen LogP contribution in [0.4, 0.5) is 0 Å². The molecule has 3 aromatic rings. The third-order valence-corrected chi connectivity index (χ3v) is 4.03. The summed E-state index contributed by atoms with van der Waals surface area (Å²) in [5.41, 5.74) is 0.560. The van der Waals surface area contributed by atoms with E-state index in [1.807, 2.05) is 11.1 Å². The molecule has 0 aromatic carbocycles. The van der Waals surface area contributed by atoms with Crippen LogP contribution < -0.4 is 0 Å². The number of hydrogen-bond acceptors (Lipinski definition) is 5. The number of amides is 1. The fourth-order valence-electron chi connectivity index (χ4n) is 2.97. The van der Waals surface area contributed by atoms with E-state index in [0.29, 0.717) is 25.2 Å². The largest absolute Gasteiger partial charge is 0.472 e. The summed E-state index contributed by atoms with van der Waals surface area (Å²) in [6, 6.07) is 1.69. The molecule has 23 heavy (non-hydrogen) atoms. The first-order chi connectivity index (χ1) is 11.3. The molecule has 0 aliphatic carbocycles. The number of rotatable bonds is 3. The molecule has 4 rings (SSSR count). The fraction of sp³-hybridized carbons (Fsp3) is 0.333. The number of fused-ring (bicyclic) bond motifs is 1. The molecule has 0 radical (unpaired) electrons. The molecule has 0 bridgehead atoms. The summed E-state index contributed by atoms with van der Waals surface area (Å²) in [6.07, 6.45) is 9.93. The highest BCUT2D eigenvalue weighted by Crippen LogP contribution is 2.19. The summed E-state index contributed by atoms with van der Waals surface area (Å²) < 4.78 is 8.93. The van der Waals surface area contributed by atoms with E-state index < -0.39 is 0 Å². The minimum atomic E-state index is -0.0428. The number of carbonyl (C=O) groups is 1. The number of imidazole rings is 1. The molecule has 0 N–H and O–H groups in total. The van der Waals surface area contributed by atoms with Gasteiger partial charge in [0.05, 0.1) is 18.4 Å². The van der Waals surface area contributed by atoms with Crippen molar-refractivity contribution in [1.29, 1.82) is 0 Å². The minimum absolute atomic E-state index is 0.0428. The highest BCUT2D eigenvalue weighted by molar-refractivity contribution is 5.93. The molecule has 0 fully saturated rings. The predicted molar refractivity (Wildman–Crippen MR) is 79.2 cm³/mol. The van der Waals surface area contributed by atoms with Crippen molar-refractivity contribution in [3.63, 3.8) is 0 Å². The number of carbonyl (C=O) groups excluding carboxylic acids is 1. The van der Waals surface area contributed by atoms with Gasteiger partial charge in [-0.25, -0.2) is 9.97 Å². The van der Waals surface area contributed by atoms with Crippen molar-refractivity contribution in [1.82, 2.24) is 29.2 Å². The van der Waals surface area contributed by atoms with Gasteiger partial charge in [0.1, 0.15) is 24.7 Å². The normalized spacial score (nSPS) is 17.7. The van der Waals surface area contributed by atoms with Crippen molar-refractivity contribution in [3.8, 4) is 0 Å². The van der Waals surface area contributed by atoms with Gasteiger partial charge in [-0.15, -0.1) is 0 Å². The zero-order valence-electron chi connectivity index (χ0n) is 12.4. The van der Waals surface area contributed by atoms with Crippen molar-refractivity contribution in [2.75, 3.05) is 6.54 Å². The third-order valence-electron chi connectivity index (χ3n) is 4.03. The lowest BCUT2D eigenvalue weighted by molar-refractivity contribution is 0.0712. The molecule has 118 valence electrons. The van der Waals surface area contributed by atoms with Crippen molar-refractivity contribution < 1.29 is 9.21 Å². The van der Waals surface area contributed by atoms with E-state index in [9.17, 15) is 4.79 Å². The van der Waals surface area contributed by atoms with E-state index in [1.165, 1.54) is 18.9 Å². The van der Waals surface area contributed by atoms with Crippen LogP contribution in [-0.4, -0.2) is 41.7 Å². The summed E-state index contributed by atoms with van der Waals surface area (Å²) in [6.45, 7) is 2.62. The van der Waals surface area contributed by atoms with Crippen molar-refractivity contribution in [3.05, 3.63) is 55.0 Å². The lowest BCUT2D eigenvalue weighted by Crippen LogP contribution is -2.35. The van der Waals surface area contributed by atoms with Gasteiger partial charge >= 0.3 is 0 Å². The highest BCUT2D eigenvalue weighted by atomic mass is 16.3. The smallest absolute Gasteiger partial charge is 0.257 e. The van der Waals surface area contributed by atoms with Gasteiger partial charge in [-0.05, 0) is 6.07 Å². The number of nitrogens with zero attached hydrogens (tertiary/aromatic N) is 6. The quantitative estimate of drug-likeness (QED) is 0.721. The Morgan fingerprint density at radius 2 is 2.35 bits per heavy atom. The minimum Gasteiger partial charge on any atom is -0.472 e. The van der Waals surface area contributed by atoms with Gasteiger partial charge in [0.15, 0.2) is 0 Å². The molecular formula is C15H16N6O2. The molecule has 4 heterocycles. The molecule has 0 saturated heterocycles. The molecule has 1 aliphatic heterocycles. The van der Waals surface area contributed by atoms with Gasteiger partial charge in [-0.2, -0.15) is 5.10 Å². The second kappa shape index (κ2) is 5.71. The first kappa shape index (κ1) is 13.7. The van der Waals surface area contributed by atoms with Crippen LogP contribution in [0.3, 0.4) is 0 Å². The topological polar surface area (TPSA) is 82.0 Å². The number of aromatic nitrogens is 5. The van der Waals surface area contributed by atoms with Crippen LogP contribution in [0.5, 0.6) is 0 Å². The molecule has 3 aromatic heterocycles. The molecule has 8 nitrogen and oxygen atoms in total. The maximum atomic E-state index is 12.7. The zero-order chi connectivity index (χ0) is 15.6. The van der Waals surface area contributed by atoms with E-state index in [-0.39, 0.29) is 11.8 Å². The Morgan fingerprint density at radius 3 is 3.13 bits per heavy atom. The molecule has 1 aliphatic rings. The van der Waals surface area contributed by atoms with E-state index in [0.717, 1.165) is 12.4 Å². The number of hydrogen-bond donors (Lipinski definition) is 0. The van der Waals surface area contributed by atoms with Crippen LogP contribution in [0.1, 0.15) is 16.2 Å². The Hall–Kier alpha value is -2.90. The Labute approximate surface area is 132 Å². The predicted octanol–water partition coefficient (Wildman–Crippen LogP) is 1.04. The zero-order valence-corrected chi connectivity index (χ0v) is 12.4. The molecular weight excluding hydrogens is 296 g/mol. The van der Waals surface area contributed by atoms with Gasteiger partial charge in [-0.1, -0.05) is 0 Å². The van der Waals surface area contributed by atoms with Crippen molar-refractivity contribution in [2.45, 2.75) is 19.6 Å². The van der Waals surface area contributed by atoms with Crippen molar-refractivity contribution in [2.24, 2.45) is 5.92 Å². The van der Waals surface area contributed by atoms with Crippen LogP contribution in [0.25, 0.3) is 0 Å². The molecule has 0 unspecified atom stereocenters. The number of furan rings is 1. The summed E-state index contributed by atoms with van der Waals surface area (Å²) in [4.78, 5) is 22.9. The standard InChI is InChI=1S/C15H16N6O2/c22-15(13-1-4-23-9-13)20-6-12(7-21-11-16-10-18-21)5-19-3-2-17-14(19)8-20/h1-4,9-12H,5-8H2/t12-/m0/s1. The van der Waals surface area contributed by atoms with Gasteiger partial charge in [-0.3, -0.25) is 9.48 Å². The van der Waals surface area contributed by atoms with Crippen molar-refractivity contribution >= 4 is 5.91 Å². The van der Waals surface area contributed by atoms with Crippen LogP contribution in [0.2, 0.25) is 0 Å². The van der Waals surface area contributed by atoms with Crippen LogP contribution in [0, 0.1) is 5.92 Å². The van der Waals surface area contributed by atoms with Crippen LogP contribution >= 0.6 is 0 Å². The van der Waals surface area contributed by atoms with Gasteiger partial charge in [0.2, 0.25) is 0 Å². The average Bonchev–Trinajstić information content (AvgIpc) is 3.28. The van der Waals surface area contributed by atoms with E-state index in [2.05, 4.69) is 19.6 Å². The molecule has 0 spiro atoms. The summed E-state index contributed by atoms with van der Waals surface area (Å²) in [5.74, 6) is 1.07. The lowest BCUT2D eigenvalue weighted by Gasteiger charge is -2.23. The second-order valence-corrected chi connectivity index (χ2v) is 5.68. The van der Waals surface area contributed by atoms with Gasteiger partial charge < -0.3 is 13.9 Å². The maximum Gasteiger partial charge on any atom is 0.257 e. The Morgan fingerprint density at radius 1 is 1.39 bits per heavy atom. The molecule has 1 amide bonds. The Balaban J connectivity index is 1.60. The van der Waals surface area contributed by atoms with Crippen LogP contribution in [-0.2, 0) is 19.6 Å². The summed E-state index contributed by atoms with van der Waals surface area (Å²) in [5, 5.41) is 4.17. The van der Waals surface area contributed by atoms with E-state index in [4.69, 9.17) is 4.42 Å². The molecule has 0 saturated carbocycles. The monoisotopic (exact) mass is 312 g/mol. The Bertz CT molecular complexity index is 777. The van der Waals surface area contributed by atoms with E-state index in [1.54, 1.807) is 23.3 Å². The van der Waals surface area contributed by atoms with Gasteiger partial charge in [0.25, 0.3) is 5.91 Å². The second-order valence-electron chi connectivity index (χ2n) is 5.68. The maximum absolute atomic E-state index is 12.7. The van der Waals surface area contributed by atoms with Gasteiger partial charge in [0, 0.05) is 37.9 Å². The van der Waals surface area contributed by atoms with Crippen LogP contribution in [0.15, 0.2) is 48.1 Å². The first-order valence-electron chi connectivity index (χ1n) is 7.43. The fourth-order valence-corrected chi connectivity index (χ4v) is 2.97. The molecule has 1 atom stereocenters. The first-order valence-corrected chi connectivity index (χ1v) is 7.43. The third kappa shape index (κ3) is 2.75. The average molecular weight is 312 g/mol. The molecule has 8 heteroatoms. The highest BCUT2D eigenvalue weighted by Gasteiger charge is 2.27. The lowest BCUT2D eigenvalue weighted by atomic mass is 10.1. The summed E-state index contributed by atoms with van der Waals surface area (Å²) >= 11 is 0. The summed E-state index contributed by atoms with van der Waals surface area (Å²) in [7, 11) is 0. The SMILES string of the molecule is O=C(c1ccoc1)N1Cc2nccn2C[C@H](Cn2cncn2)C1. The van der Waals surface area contributed by atoms with E-state index >= 15 is 0 Å². The Kier molecular flexibility index (Phi) is 3.41.